The lowest BCUT2D eigenvalue weighted by Crippen LogP contribution is -2.31. The van der Waals surface area contributed by atoms with Gasteiger partial charge in [0.25, 0.3) is 0 Å². The van der Waals surface area contributed by atoms with Crippen LogP contribution in [0.15, 0.2) is 28.7 Å². The number of carbonyl (C=O) groups excluding carboxylic acids is 1. The van der Waals surface area contributed by atoms with E-state index in [0.29, 0.717) is 18.9 Å². The Labute approximate surface area is 109 Å². The highest BCUT2D eigenvalue weighted by Crippen LogP contribution is 2.15. The van der Waals surface area contributed by atoms with Gasteiger partial charge in [-0.15, -0.1) is 0 Å². The van der Waals surface area contributed by atoms with Gasteiger partial charge in [0.2, 0.25) is 0 Å². The second-order valence-corrected chi connectivity index (χ2v) is 4.10. The van der Waals surface area contributed by atoms with Gasteiger partial charge in [-0.1, -0.05) is 22.0 Å². The van der Waals surface area contributed by atoms with E-state index in [0.717, 1.165) is 4.47 Å². The number of anilines is 1. The van der Waals surface area contributed by atoms with E-state index in [1.165, 1.54) is 0 Å². The Morgan fingerprint density at radius 1 is 1.41 bits per heavy atom. The summed E-state index contributed by atoms with van der Waals surface area (Å²) in [6, 6.07) is 7.04. The summed E-state index contributed by atoms with van der Waals surface area (Å²) < 4.78 is 10.8. The van der Waals surface area contributed by atoms with E-state index in [2.05, 4.69) is 26.6 Å². The molecule has 0 saturated carbocycles. The molecule has 0 radical (unpaired) electrons. The number of halogens is 1. The molecule has 17 heavy (non-hydrogen) atoms. The fraction of sp³-hybridized carbons (Fsp3) is 0.364. The maximum atomic E-state index is 11.4. The van der Waals surface area contributed by atoms with Gasteiger partial charge in [-0.3, -0.25) is 0 Å². The van der Waals surface area contributed by atoms with Crippen LogP contribution in [-0.4, -0.2) is 33.1 Å². The Kier molecular flexibility index (Phi) is 6.61. The Hall–Kier alpha value is -1.11. The van der Waals surface area contributed by atoms with E-state index in [1.54, 1.807) is 13.2 Å². The zero-order valence-corrected chi connectivity index (χ0v) is 11.1. The first kappa shape index (κ1) is 14.0. The Morgan fingerprint density at radius 2 is 2.24 bits per heavy atom. The van der Waals surface area contributed by atoms with E-state index in [-0.39, 0.29) is 12.8 Å². The second kappa shape index (κ2) is 8.05. The van der Waals surface area contributed by atoms with Crippen LogP contribution in [0.1, 0.15) is 0 Å². The Bertz CT molecular complexity index is 360. The molecular formula is C11H15BrN2O3. The Morgan fingerprint density at radius 3 is 2.94 bits per heavy atom. The molecule has 94 valence electrons. The SMILES string of the molecule is COCCOCNC(=O)Nc1cccc(Br)c1. The van der Waals surface area contributed by atoms with E-state index in [4.69, 9.17) is 9.47 Å². The van der Waals surface area contributed by atoms with Crippen molar-refractivity contribution < 1.29 is 14.3 Å². The van der Waals surface area contributed by atoms with Crippen LogP contribution >= 0.6 is 15.9 Å². The molecule has 0 aliphatic heterocycles. The van der Waals surface area contributed by atoms with Crippen molar-refractivity contribution in [2.24, 2.45) is 0 Å². The number of amides is 2. The monoisotopic (exact) mass is 302 g/mol. The molecule has 6 heteroatoms. The summed E-state index contributed by atoms with van der Waals surface area (Å²) >= 11 is 3.32. The third-order valence-electron chi connectivity index (χ3n) is 1.85. The number of nitrogens with one attached hydrogen (secondary N) is 2. The minimum atomic E-state index is -0.305. The average molecular weight is 303 g/mol. The number of hydrogen-bond donors (Lipinski definition) is 2. The lowest BCUT2D eigenvalue weighted by molar-refractivity contribution is 0.0650. The highest BCUT2D eigenvalue weighted by atomic mass is 79.9. The molecule has 1 aromatic carbocycles. The molecule has 2 amide bonds. The predicted octanol–water partition coefficient (Wildman–Crippen LogP) is 2.19. The van der Waals surface area contributed by atoms with Crippen molar-refractivity contribution >= 4 is 27.6 Å². The zero-order valence-electron chi connectivity index (χ0n) is 9.53. The summed E-state index contributed by atoms with van der Waals surface area (Å²) in [5, 5.41) is 5.25. The van der Waals surface area contributed by atoms with Crippen molar-refractivity contribution in [3.63, 3.8) is 0 Å². The molecule has 0 saturated heterocycles. The molecule has 0 bridgehead atoms. The van der Waals surface area contributed by atoms with E-state index in [9.17, 15) is 4.79 Å². The van der Waals surface area contributed by atoms with Crippen molar-refractivity contribution in [2.75, 3.05) is 32.4 Å². The van der Waals surface area contributed by atoms with Crippen molar-refractivity contribution in [1.29, 1.82) is 0 Å². The highest BCUT2D eigenvalue weighted by molar-refractivity contribution is 9.10. The first-order chi connectivity index (χ1) is 8.22. The second-order valence-electron chi connectivity index (χ2n) is 3.19. The van der Waals surface area contributed by atoms with Crippen LogP contribution in [0.4, 0.5) is 10.5 Å². The quantitative estimate of drug-likeness (QED) is 0.625. The van der Waals surface area contributed by atoms with Crippen LogP contribution < -0.4 is 10.6 Å². The predicted molar refractivity (Wildman–Crippen MR) is 69.0 cm³/mol. The van der Waals surface area contributed by atoms with Gasteiger partial charge in [0.05, 0.1) is 13.2 Å². The van der Waals surface area contributed by atoms with Crippen molar-refractivity contribution in [3.8, 4) is 0 Å². The summed E-state index contributed by atoms with van der Waals surface area (Å²) in [7, 11) is 1.59. The van der Waals surface area contributed by atoms with E-state index >= 15 is 0 Å². The number of benzene rings is 1. The first-order valence-corrected chi connectivity index (χ1v) is 5.89. The number of methoxy groups -OCH3 is 1. The first-order valence-electron chi connectivity index (χ1n) is 5.09. The molecule has 0 aliphatic carbocycles. The van der Waals surface area contributed by atoms with Gasteiger partial charge in [0, 0.05) is 17.3 Å². The minimum Gasteiger partial charge on any atom is -0.382 e. The summed E-state index contributed by atoms with van der Waals surface area (Å²) in [6.07, 6.45) is 0. The van der Waals surface area contributed by atoms with Gasteiger partial charge >= 0.3 is 6.03 Å². The van der Waals surface area contributed by atoms with E-state index in [1.807, 2.05) is 18.2 Å². The summed E-state index contributed by atoms with van der Waals surface area (Å²) in [6.45, 7) is 1.12. The molecule has 1 rings (SSSR count). The van der Waals surface area contributed by atoms with Gasteiger partial charge in [-0.2, -0.15) is 0 Å². The van der Waals surface area contributed by atoms with Crippen LogP contribution in [0.2, 0.25) is 0 Å². The fourth-order valence-corrected chi connectivity index (χ4v) is 1.47. The van der Waals surface area contributed by atoms with Gasteiger partial charge in [0.1, 0.15) is 6.73 Å². The van der Waals surface area contributed by atoms with Crippen LogP contribution in [0.3, 0.4) is 0 Å². The van der Waals surface area contributed by atoms with Crippen LogP contribution in [0.25, 0.3) is 0 Å². The standard InChI is InChI=1S/C11H15BrN2O3/c1-16-5-6-17-8-13-11(15)14-10-4-2-3-9(12)7-10/h2-4,7H,5-6,8H2,1H3,(H2,13,14,15). The zero-order chi connectivity index (χ0) is 12.5. The lowest BCUT2D eigenvalue weighted by Gasteiger charge is -2.08. The van der Waals surface area contributed by atoms with Crippen molar-refractivity contribution in [1.82, 2.24) is 5.32 Å². The minimum absolute atomic E-state index is 0.156. The third kappa shape index (κ3) is 6.25. The lowest BCUT2D eigenvalue weighted by atomic mass is 10.3. The molecule has 0 atom stereocenters. The molecule has 0 heterocycles. The van der Waals surface area contributed by atoms with Crippen molar-refractivity contribution in [2.45, 2.75) is 0 Å². The smallest absolute Gasteiger partial charge is 0.321 e. The maximum Gasteiger partial charge on any atom is 0.321 e. The number of hydrogen-bond acceptors (Lipinski definition) is 3. The van der Waals surface area contributed by atoms with Crippen LogP contribution in [0, 0.1) is 0 Å². The number of carbonyl (C=O) groups is 1. The van der Waals surface area contributed by atoms with Crippen molar-refractivity contribution in [3.05, 3.63) is 28.7 Å². The molecule has 0 aromatic heterocycles. The number of urea groups is 1. The Balaban J connectivity index is 2.21. The van der Waals surface area contributed by atoms with Gasteiger partial charge in [-0.05, 0) is 18.2 Å². The van der Waals surface area contributed by atoms with Gasteiger partial charge in [-0.25, -0.2) is 4.79 Å². The summed E-state index contributed by atoms with van der Waals surface area (Å²) in [5.74, 6) is 0. The molecule has 0 aliphatic rings. The molecule has 1 aromatic rings. The summed E-state index contributed by atoms with van der Waals surface area (Å²) in [5.41, 5.74) is 0.716. The number of rotatable bonds is 6. The molecule has 0 spiro atoms. The van der Waals surface area contributed by atoms with Gasteiger partial charge < -0.3 is 20.1 Å². The van der Waals surface area contributed by atoms with Crippen LogP contribution in [0.5, 0.6) is 0 Å². The largest absolute Gasteiger partial charge is 0.382 e. The molecule has 0 fully saturated rings. The van der Waals surface area contributed by atoms with Gasteiger partial charge in [0.15, 0.2) is 0 Å². The summed E-state index contributed by atoms with van der Waals surface area (Å²) in [4.78, 5) is 11.4. The number of ether oxygens (including phenoxy) is 2. The van der Waals surface area contributed by atoms with Crippen LogP contribution in [-0.2, 0) is 9.47 Å². The highest BCUT2D eigenvalue weighted by Gasteiger charge is 2.00. The maximum absolute atomic E-state index is 11.4. The topological polar surface area (TPSA) is 59.6 Å². The average Bonchev–Trinajstić information content (AvgIpc) is 2.29. The fourth-order valence-electron chi connectivity index (χ4n) is 1.07. The molecule has 2 N–H and O–H groups in total. The third-order valence-corrected chi connectivity index (χ3v) is 2.34. The molecule has 5 nitrogen and oxygen atoms in total. The molecule has 0 unspecified atom stereocenters. The molecular weight excluding hydrogens is 288 g/mol. The van der Waals surface area contributed by atoms with E-state index < -0.39 is 0 Å². The normalized spacial score (nSPS) is 10.0.